The monoisotopic (exact) mass is 277 g/mol. The summed E-state index contributed by atoms with van der Waals surface area (Å²) < 4.78 is 0. The van der Waals surface area contributed by atoms with Crippen LogP contribution in [0.15, 0.2) is 40.6 Å². The fourth-order valence-corrected chi connectivity index (χ4v) is 1.84. The summed E-state index contributed by atoms with van der Waals surface area (Å²) in [5, 5.41) is 19.0. The zero-order valence-electron chi connectivity index (χ0n) is 12.5. The minimum Gasteiger partial charge on any atom is -0.265 e. The fraction of sp³-hybridized carbons (Fsp3) is 0.600. The molecule has 0 aliphatic rings. The van der Waals surface area contributed by atoms with Gasteiger partial charge >= 0.3 is 0 Å². The largest absolute Gasteiger partial charge is 0.265 e. The Kier molecular flexibility index (Phi) is 6.28. The highest BCUT2D eigenvalue weighted by molar-refractivity contribution is 5.14. The number of benzene rings is 1. The van der Waals surface area contributed by atoms with Crippen LogP contribution in [0.2, 0.25) is 0 Å². The van der Waals surface area contributed by atoms with Gasteiger partial charge in [0.2, 0.25) is 6.54 Å². The zero-order valence-corrected chi connectivity index (χ0v) is 12.5. The highest BCUT2D eigenvalue weighted by Crippen LogP contribution is 2.13. The molecular weight excluding hydrogens is 254 g/mol. The maximum Gasteiger partial charge on any atom is 0.208 e. The van der Waals surface area contributed by atoms with Gasteiger partial charge in [0.05, 0.1) is 12.1 Å². The lowest BCUT2D eigenvalue weighted by molar-refractivity contribution is -0.487. The lowest BCUT2D eigenvalue weighted by atomic mass is 9.99. The van der Waals surface area contributed by atoms with Crippen LogP contribution in [0.5, 0.6) is 0 Å². The predicted octanol–water partition coefficient (Wildman–Crippen LogP) is 3.76. The van der Waals surface area contributed by atoms with Crippen LogP contribution in [0.3, 0.4) is 0 Å². The normalized spacial score (nSPS) is 13.6. The Hall–Kier alpha value is -1.78. The van der Waals surface area contributed by atoms with Crippen molar-refractivity contribution < 1.29 is 4.92 Å². The molecule has 1 rings (SSSR count). The standard InChI is InChI=1S/C15H23N3O2/c1-15(2,3)17-16-11-14(12-18(19)20)10-9-13-7-5-4-6-8-13/h4-8,14H,9-12H2,1-3H3/t14-/m1/s1. The molecule has 1 aromatic rings. The molecule has 5 nitrogen and oxygen atoms in total. The van der Waals surface area contributed by atoms with Gasteiger partial charge in [0.15, 0.2) is 0 Å². The Balaban J connectivity index is 2.51. The van der Waals surface area contributed by atoms with Gasteiger partial charge in [-0.2, -0.15) is 10.2 Å². The van der Waals surface area contributed by atoms with Crippen molar-refractivity contribution >= 4 is 0 Å². The van der Waals surface area contributed by atoms with Crippen LogP contribution in [0.4, 0.5) is 0 Å². The first-order valence-corrected chi connectivity index (χ1v) is 6.91. The highest BCUT2D eigenvalue weighted by Gasteiger charge is 2.16. The molecule has 1 atom stereocenters. The van der Waals surface area contributed by atoms with E-state index in [1.807, 2.05) is 51.1 Å². The summed E-state index contributed by atoms with van der Waals surface area (Å²) in [5.74, 6) is -0.0590. The van der Waals surface area contributed by atoms with Crippen molar-refractivity contribution in [1.82, 2.24) is 0 Å². The van der Waals surface area contributed by atoms with Crippen LogP contribution in [0.25, 0.3) is 0 Å². The van der Waals surface area contributed by atoms with E-state index in [0.29, 0.717) is 6.54 Å². The first-order chi connectivity index (χ1) is 9.37. The van der Waals surface area contributed by atoms with E-state index in [4.69, 9.17) is 0 Å². The molecule has 20 heavy (non-hydrogen) atoms. The van der Waals surface area contributed by atoms with Crippen LogP contribution >= 0.6 is 0 Å². The van der Waals surface area contributed by atoms with Crippen molar-refractivity contribution in [2.45, 2.75) is 39.2 Å². The van der Waals surface area contributed by atoms with E-state index in [9.17, 15) is 10.1 Å². The van der Waals surface area contributed by atoms with E-state index in [0.717, 1.165) is 12.8 Å². The van der Waals surface area contributed by atoms with Gasteiger partial charge in [-0.25, -0.2) is 0 Å². The number of nitro groups is 1. The van der Waals surface area contributed by atoms with E-state index in [-0.39, 0.29) is 22.9 Å². The lowest BCUT2D eigenvalue weighted by Gasteiger charge is -2.12. The van der Waals surface area contributed by atoms with Gasteiger partial charge in [-0.15, -0.1) is 0 Å². The molecule has 0 heterocycles. The van der Waals surface area contributed by atoms with Crippen molar-refractivity contribution in [3.05, 3.63) is 46.0 Å². The molecule has 0 fully saturated rings. The quantitative estimate of drug-likeness (QED) is 0.432. The van der Waals surface area contributed by atoms with Crippen molar-refractivity contribution in [3.63, 3.8) is 0 Å². The summed E-state index contributed by atoms with van der Waals surface area (Å²) in [7, 11) is 0. The molecule has 0 unspecified atom stereocenters. The van der Waals surface area contributed by atoms with Gasteiger partial charge in [-0.3, -0.25) is 10.1 Å². The second-order valence-corrected chi connectivity index (χ2v) is 6.00. The van der Waals surface area contributed by atoms with Crippen LogP contribution in [0.1, 0.15) is 32.8 Å². The highest BCUT2D eigenvalue weighted by atomic mass is 16.6. The van der Waals surface area contributed by atoms with Gasteiger partial charge in [0.1, 0.15) is 0 Å². The summed E-state index contributed by atoms with van der Waals surface area (Å²) in [6, 6.07) is 10.0. The fourth-order valence-electron chi connectivity index (χ4n) is 1.84. The Bertz CT molecular complexity index is 438. The first kappa shape index (κ1) is 16.3. The second kappa shape index (κ2) is 7.72. The number of hydrogen-bond donors (Lipinski definition) is 0. The minimum atomic E-state index is -0.262. The Morgan fingerprint density at radius 2 is 1.90 bits per heavy atom. The predicted molar refractivity (Wildman–Crippen MR) is 79.6 cm³/mol. The molecule has 110 valence electrons. The van der Waals surface area contributed by atoms with Crippen molar-refractivity contribution in [2.24, 2.45) is 16.1 Å². The molecular formula is C15H23N3O2. The molecule has 0 spiro atoms. The van der Waals surface area contributed by atoms with Crippen LogP contribution < -0.4 is 0 Å². The smallest absolute Gasteiger partial charge is 0.208 e. The summed E-state index contributed by atoms with van der Waals surface area (Å²) in [4.78, 5) is 10.5. The van der Waals surface area contributed by atoms with Crippen molar-refractivity contribution in [1.29, 1.82) is 0 Å². The van der Waals surface area contributed by atoms with Crippen LogP contribution in [-0.4, -0.2) is 23.6 Å². The van der Waals surface area contributed by atoms with Gasteiger partial charge in [-0.05, 0) is 39.2 Å². The topological polar surface area (TPSA) is 67.9 Å². The third kappa shape index (κ3) is 7.61. The van der Waals surface area contributed by atoms with Crippen LogP contribution in [-0.2, 0) is 6.42 Å². The van der Waals surface area contributed by atoms with E-state index >= 15 is 0 Å². The number of aryl methyl sites for hydroxylation is 1. The molecule has 0 aliphatic heterocycles. The average Bonchev–Trinajstić information content (AvgIpc) is 2.35. The SMILES string of the molecule is CC(C)(C)N=NC[C@@H](CCc1ccccc1)C[N+](=O)[O-]. The molecule has 0 bridgehead atoms. The zero-order chi connectivity index (χ0) is 15.0. The number of nitrogens with zero attached hydrogens (tertiary/aromatic N) is 3. The van der Waals surface area contributed by atoms with E-state index in [1.54, 1.807) is 0 Å². The lowest BCUT2D eigenvalue weighted by Crippen LogP contribution is -2.18. The number of rotatable bonds is 7. The molecule has 0 saturated heterocycles. The molecule has 5 heteroatoms. The molecule has 0 radical (unpaired) electrons. The van der Waals surface area contributed by atoms with Gasteiger partial charge < -0.3 is 0 Å². The maximum absolute atomic E-state index is 10.7. The van der Waals surface area contributed by atoms with E-state index in [1.165, 1.54) is 5.56 Å². The molecule has 0 saturated carbocycles. The van der Waals surface area contributed by atoms with Crippen LogP contribution in [0, 0.1) is 16.0 Å². The summed E-state index contributed by atoms with van der Waals surface area (Å²) in [5.41, 5.74) is 0.979. The molecule has 1 aromatic carbocycles. The average molecular weight is 277 g/mol. The van der Waals surface area contributed by atoms with Gasteiger partial charge in [0, 0.05) is 10.8 Å². The van der Waals surface area contributed by atoms with Gasteiger partial charge in [0.25, 0.3) is 0 Å². The number of hydrogen-bond acceptors (Lipinski definition) is 4. The Morgan fingerprint density at radius 1 is 1.25 bits per heavy atom. The third-order valence-electron chi connectivity index (χ3n) is 2.80. The molecule has 0 aliphatic carbocycles. The molecule has 0 N–H and O–H groups in total. The maximum atomic E-state index is 10.7. The van der Waals surface area contributed by atoms with E-state index in [2.05, 4.69) is 10.2 Å². The van der Waals surface area contributed by atoms with Crippen molar-refractivity contribution in [2.75, 3.05) is 13.1 Å². The minimum absolute atomic E-state index is 0.0456. The summed E-state index contributed by atoms with van der Waals surface area (Å²) >= 11 is 0. The second-order valence-electron chi connectivity index (χ2n) is 6.00. The number of azo groups is 1. The van der Waals surface area contributed by atoms with E-state index < -0.39 is 0 Å². The molecule has 0 aromatic heterocycles. The Labute approximate surface area is 120 Å². The summed E-state index contributed by atoms with van der Waals surface area (Å²) in [6.07, 6.45) is 1.60. The van der Waals surface area contributed by atoms with Gasteiger partial charge in [-0.1, -0.05) is 30.3 Å². The first-order valence-electron chi connectivity index (χ1n) is 6.91. The third-order valence-corrected chi connectivity index (χ3v) is 2.80. The Morgan fingerprint density at radius 3 is 2.45 bits per heavy atom. The van der Waals surface area contributed by atoms with Crippen molar-refractivity contribution in [3.8, 4) is 0 Å². The summed E-state index contributed by atoms with van der Waals surface area (Å²) in [6.45, 7) is 6.26. The molecule has 0 amide bonds.